The van der Waals surface area contributed by atoms with Gasteiger partial charge in [0.1, 0.15) is 29.5 Å². The van der Waals surface area contributed by atoms with Gasteiger partial charge in [-0.2, -0.15) is 13.2 Å². The first-order chi connectivity index (χ1) is 25.6. The number of amides is 4. The van der Waals surface area contributed by atoms with Crippen LogP contribution >= 0.6 is 0 Å². The Morgan fingerprint density at radius 1 is 1.07 bits per heavy atom. The molecule has 3 N–H and O–H groups in total. The van der Waals surface area contributed by atoms with E-state index in [2.05, 4.69) is 30.5 Å². The number of ether oxygens (including phenoxy) is 1. The number of hydrogen-bond donors (Lipinski definition) is 3. The molecule has 0 radical (unpaired) electrons. The third-order valence-electron chi connectivity index (χ3n) is 10.1. The molecule has 2 saturated carbocycles. The van der Waals surface area contributed by atoms with Crippen molar-refractivity contribution in [3.8, 4) is 5.88 Å². The number of aryl methyl sites for hydroxylation is 1. The van der Waals surface area contributed by atoms with E-state index in [-0.39, 0.29) is 36.0 Å². The number of halogens is 3. The number of hydrogen-bond acceptors (Lipinski definition) is 11. The summed E-state index contributed by atoms with van der Waals surface area (Å²) in [4.78, 5) is 64.4. The molecule has 4 heterocycles. The molecule has 15 nitrogen and oxygen atoms in total. The lowest BCUT2D eigenvalue weighted by atomic mass is 10.0. The van der Waals surface area contributed by atoms with Gasteiger partial charge in [0.15, 0.2) is 5.69 Å². The molecule has 4 aliphatic rings. The SMILES string of the molecule is Cc1cc(C(=O)N[C@H]2CCCCC/C=C\[C@@H]3C[C@@]3(C(=O)NS(=O)(=O)C3CC3)NC(=O)[C@@H]3C[C@@H](Oc4nc5ccccc5nc4C(F)(F)F)CN3C2=O)no1. The molecule has 0 spiro atoms. The predicted molar refractivity (Wildman–Crippen MR) is 183 cm³/mol. The van der Waals surface area contributed by atoms with E-state index < -0.39 is 92.8 Å². The van der Waals surface area contributed by atoms with Crippen LogP contribution in [0.2, 0.25) is 0 Å². The van der Waals surface area contributed by atoms with E-state index in [1.807, 2.05) is 6.08 Å². The van der Waals surface area contributed by atoms with Crippen molar-refractivity contribution in [2.75, 3.05) is 6.54 Å². The number of carbonyl (C=O) groups excluding carboxylic acids is 4. The third kappa shape index (κ3) is 7.76. The van der Waals surface area contributed by atoms with Crippen LogP contribution in [0.5, 0.6) is 5.88 Å². The molecule has 0 unspecified atom stereocenters. The summed E-state index contributed by atoms with van der Waals surface area (Å²) in [5.74, 6) is -4.24. The highest BCUT2D eigenvalue weighted by molar-refractivity contribution is 7.91. The van der Waals surface area contributed by atoms with Crippen molar-refractivity contribution < 1.29 is 50.0 Å². The van der Waals surface area contributed by atoms with Crippen molar-refractivity contribution in [3.63, 3.8) is 0 Å². The summed E-state index contributed by atoms with van der Waals surface area (Å²) < 4.78 is 81.2. The molecule has 19 heteroatoms. The minimum Gasteiger partial charge on any atom is -0.471 e. The Morgan fingerprint density at radius 2 is 1.81 bits per heavy atom. The van der Waals surface area contributed by atoms with Gasteiger partial charge < -0.3 is 24.8 Å². The number of benzene rings is 1. The fraction of sp³-hybridized carbons (Fsp3) is 0.514. The molecule has 3 fully saturated rings. The molecule has 2 aromatic heterocycles. The molecular weight excluding hydrogens is 735 g/mol. The van der Waals surface area contributed by atoms with Crippen LogP contribution in [0.4, 0.5) is 13.2 Å². The highest BCUT2D eigenvalue weighted by Gasteiger charge is 2.62. The standard InChI is InChI=1S/C35H38F3N7O8S/c1-19-15-26(43-53-19)29(46)40-25-12-6-4-2-3-5-9-20-17-34(20,33(49)44-54(50,51)22-13-14-22)42-30(47)27-16-21(18-45(27)32(25)48)52-31-28(35(36,37)38)39-23-10-7-8-11-24(23)41-31/h5,7-11,15,20-22,25,27H,2-4,6,12-14,16-18H2,1H3,(H,40,46)(H,42,47)(H,44,49)/b9-5-/t20-,21-,25+,27+,34-/m1/s1. The smallest absolute Gasteiger partial charge is 0.438 e. The second-order valence-electron chi connectivity index (χ2n) is 14.2. The van der Waals surface area contributed by atoms with Crippen LogP contribution in [-0.2, 0) is 30.6 Å². The normalized spacial score (nSPS) is 27.1. The number of carbonyl (C=O) groups is 4. The second kappa shape index (κ2) is 14.3. The average molecular weight is 774 g/mol. The summed E-state index contributed by atoms with van der Waals surface area (Å²) in [7, 11) is -3.99. The fourth-order valence-corrected chi connectivity index (χ4v) is 8.33. The van der Waals surface area contributed by atoms with Crippen molar-refractivity contribution in [2.45, 2.75) is 99.9 Å². The van der Waals surface area contributed by atoms with E-state index in [1.54, 1.807) is 19.1 Å². The maximum absolute atomic E-state index is 14.4. The summed E-state index contributed by atoms with van der Waals surface area (Å²) in [6.07, 6.45) is 0.578. The van der Waals surface area contributed by atoms with Crippen LogP contribution in [0, 0.1) is 12.8 Å². The highest BCUT2D eigenvalue weighted by atomic mass is 32.2. The van der Waals surface area contributed by atoms with Gasteiger partial charge in [0.25, 0.3) is 11.8 Å². The van der Waals surface area contributed by atoms with E-state index in [4.69, 9.17) is 9.26 Å². The molecule has 5 atom stereocenters. The number of aromatic nitrogens is 3. The molecule has 1 aromatic carbocycles. The Bertz CT molecular complexity index is 2120. The minimum atomic E-state index is -4.97. The Morgan fingerprint density at radius 3 is 2.50 bits per heavy atom. The van der Waals surface area contributed by atoms with Crippen LogP contribution in [0.3, 0.4) is 0 Å². The lowest BCUT2D eigenvalue weighted by Crippen LogP contribution is -2.58. The number of fused-ring (bicyclic) bond motifs is 3. The van der Waals surface area contributed by atoms with E-state index in [0.717, 1.165) is 4.90 Å². The summed E-state index contributed by atoms with van der Waals surface area (Å²) in [6.45, 7) is 1.20. The number of nitrogens with zero attached hydrogens (tertiary/aromatic N) is 4. The van der Waals surface area contributed by atoms with Gasteiger partial charge in [-0.3, -0.25) is 23.9 Å². The van der Waals surface area contributed by atoms with Gasteiger partial charge in [0, 0.05) is 18.4 Å². The van der Waals surface area contributed by atoms with Crippen LogP contribution in [0.25, 0.3) is 11.0 Å². The molecule has 3 aromatic rings. The van der Waals surface area contributed by atoms with E-state index in [1.165, 1.54) is 24.3 Å². The van der Waals surface area contributed by atoms with Crippen molar-refractivity contribution >= 4 is 44.7 Å². The number of nitrogens with one attached hydrogen (secondary N) is 3. The lowest BCUT2D eigenvalue weighted by Gasteiger charge is -2.29. The van der Waals surface area contributed by atoms with Gasteiger partial charge in [-0.05, 0) is 57.6 Å². The zero-order valence-corrected chi connectivity index (χ0v) is 29.9. The van der Waals surface area contributed by atoms with Crippen LogP contribution < -0.4 is 20.1 Å². The predicted octanol–water partition coefficient (Wildman–Crippen LogP) is 3.10. The monoisotopic (exact) mass is 773 g/mol. The Kier molecular flexibility index (Phi) is 9.86. The number of para-hydroxylation sites is 2. The highest BCUT2D eigenvalue weighted by Crippen LogP contribution is 2.46. The first-order valence-corrected chi connectivity index (χ1v) is 19.3. The molecule has 1 saturated heterocycles. The molecule has 4 amide bonds. The number of allylic oxidation sites excluding steroid dienone is 1. The first kappa shape index (κ1) is 37.3. The lowest BCUT2D eigenvalue weighted by molar-refractivity contribution is -0.143. The molecule has 2 aliphatic carbocycles. The van der Waals surface area contributed by atoms with Crippen molar-refractivity contribution in [1.82, 2.24) is 35.4 Å². The summed E-state index contributed by atoms with van der Waals surface area (Å²) >= 11 is 0. The van der Waals surface area contributed by atoms with Gasteiger partial charge in [-0.15, -0.1) is 0 Å². The van der Waals surface area contributed by atoms with E-state index >= 15 is 0 Å². The summed E-state index contributed by atoms with van der Waals surface area (Å²) in [5.41, 5.74) is -3.03. The van der Waals surface area contributed by atoms with E-state index in [9.17, 15) is 40.8 Å². The molecular formula is C35H38F3N7O8S. The Labute approximate surface area is 307 Å². The van der Waals surface area contributed by atoms with Crippen molar-refractivity contribution in [2.24, 2.45) is 5.92 Å². The maximum Gasteiger partial charge on any atom is 0.438 e. The van der Waals surface area contributed by atoms with Crippen LogP contribution in [0.15, 0.2) is 47.0 Å². The van der Waals surface area contributed by atoms with Crippen molar-refractivity contribution in [3.05, 3.63) is 59.6 Å². The Balaban J connectivity index is 1.22. The average Bonchev–Trinajstić information content (AvgIpc) is 4.01. The van der Waals surface area contributed by atoms with Gasteiger partial charge in [-0.25, -0.2) is 18.4 Å². The minimum absolute atomic E-state index is 0.0213. The molecule has 7 rings (SSSR count). The molecule has 2 aliphatic heterocycles. The maximum atomic E-state index is 14.4. The zero-order chi connectivity index (χ0) is 38.4. The van der Waals surface area contributed by atoms with Crippen molar-refractivity contribution in [1.29, 1.82) is 0 Å². The summed E-state index contributed by atoms with van der Waals surface area (Å²) in [6, 6.07) is 4.70. The number of alkyl halides is 3. The topological polar surface area (TPSA) is 203 Å². The van der Waals surface area contributed by atoms with Crippen LogP contribution in [-0.4, -0.2) is 87.6 Å². The number of rotatable bonds is 7. The van der Waals surface area contributed by atoms with E-state index in [0.29, 0.717) is 44.3 Å². The Hall–Kier alpha value is -5.07. The summed E-state index contributed by atoms with van der Waals surface area (Å²) in [5, 5.41) is 8.39. The first-order valence-electron chi connectivity index (χ1n) is 17.7. The third-order valence-corrected chi connectivity index (χ3v) is 11.9. The van der Waals surface area contributed by atoms with Gasteiger partial charge in [-0.1, -0.05) is 42.3 Å². The molecule has 54 heavy (non-hydrogen) atoms. The van der Waals surface area contributed by atoms with Crippen LogP contribution in [0.1, 0.15) is 79.7 Å². The molecule has 288 valence electrons. The second-order valence-corrected chi connectivity index (χ2v) is 16.2. The van der Waals surface area contributed by atoms with Gasteiger partial charge in [0.05, 0.1) is 22.8 Å². The van der Waals surface area contributed by atoms with Gasteiger partial charge in [0.2, 0.25) is 33.4 Å². The largest absolute Gasteiger partial charge is 0.471 e. The number of sulfonamides is 1. The van der Waals surface area contributed by atoms with Gasteiger partial charge >= 0.3 is 6.18 Å². The molecule has 0 bridgehead atoms. The zero-order valence-electron chi connectivity index (χ0n) is 29.1. The fourth-order valence-electron chi connectivity index (χ4n) is 6.96. The quantitative estimate of drug-likeness (QED) is 0.298.